The van der Waals surface area contributed by atoms with Crippen molar-refractivity contribution in [2.45, 2.75) is 26.7 Å². The molecular formula is C12H14ClN3S. The van der Waals surface area contributed by atoms with Gasteiger partial charge in [-0.2, -0.15) is 0 Å². The lowest BCUT2D eigenvalue weighted by molar-refractivity contribution is 1.03. The molecule has 1 N–H and O–H groups in total. The summed E-state index contributed by atoms with van der Waals surface area (Å²) in [5.41, 5.74) is 1.83. The van der Waals surface area contributed by atoms with Crippen molar-refractivity contribution in [2.24, 2.45) is 0 Å². The zero-order chi connectivity index (χ0) is 12.3. The highest BCUT2D eigenvalue weighted by atomic mass is 35.5. The SMILES string of the molecule is Cc1nc(NSC2=CCCC=C2)nc(Cl)c1C. The molecule has 0 aromatic carbocycles. The van der Waals surface area contributed by atoms with Crippen molar-refractivity contribution in [3.63, 3.8) is 0 Å². The Kier molecular flexibility index (Phi) is 4.07. The van der Waals surface area contributed by atoms with E-state index < -0.39 is 0 Å². The van der Waals surface area contributed by atoms with Gasteiger partial charge >= 0.3 is 0 Å². The first-order valence-corrected chi connectivity index (χ1v) is 6.66. The minimum Gasteiger partial charge on any atom is -0.294 e. The van der Waals surface area contributed by atoms with E-state index in [9.17, 15) is 0 Å². The van der Waals surface area contributed by atoms with Crippen LogP contribution >= 0.6 is 23.5 Å². The molecule has 0 fully saturated rings. The summed E-state index contributed by atoms with van der Waals surface area (Å²) in [6.07, 6.45) is 8.67. The summed E-state index contributed by atoms with van der Waals surface area (Å²) in [5.74, 6) is 0.558. The topological polar surface area (TPSA) is 37.8 Å². The molecule has 0 saturated carbocycles. The molecule has 1 aromatic rings. The molecule has 0 unspecified atom stereocenters. The van der Waals surface area contributed by atoms with E-state index in [-0.39, 0.29) is 0 Å². The van der Waals surface area contributed by atoms with Gasteiger partial charge in [-0.1, -0.05) is 29.8 Å². The van der Waals surface area contributed by atoms with Crippen molar-refractivity contribution in [1.82, 2.24) is 9.97 Å². The Balaban J connectivity index is 2.04. The molecule has 17 heavy (non-hydrogen) atoms. The molecule has 5 heteroatoms. The van der Waals surface area contributed by atoms with Gasteiger partial charge in [0.15, 0.2) is 0 Å². The van der Waals surface area contributed by atoms with Gasteiger partial charge in [0.1, 0.15) is 5.15 Å². The van der Waals surface area contributed by atoms with Gasteiger partial charge in [0.25, 0.3) is 0 Å². The fourth-order valence-corrected chi connectivity index (χ4v) is 2.29. The first-order valence-electron chi connectivity index (χ1n) is 5.47. The van der Waals surface area contributed by atoms with Crippen molar-refractivity contribution in [1.29, 1.82) is 0 Å². The van der Waals surface area contributed by atoms with E-state index in [0.29, 0.717) is 11.1 Å². The maximum absolute atomic E-state index is 6.01. The number of nitrogens with zero attached hydrogens (tertiary/aromatic N) is 2. The largest absolute Gasteiger partial charge is 0.294 e. The Bertz CT molecular complexity index is 460. The number of nitrogens with one attached hydrogen (secondary N) is 1. The van der Waals surface area contributed by atoms with Crippen molar-refractivity contribution < 1.29 is 0 Å². The van der Waals surface area contributed by atoms with Crippen LogP contribution in [0.4, 0.5) is 5.95 Å². The van der Waals surface area contributed by atoms with Crippen LogP contribution in [0.2, 0.25) is 5.15 Å². The van der Waals surface area contributed by atoms with E-state index in [1.165, 1.54) is 16.9 Å². The van der Waals surface area contributed by atoms with Gasteiger partial charge in [-0.05, 0) is 38.6 Å². The Morgan fingerprint density at radius 1 is 1.29 bits per heavy atom. The quantitative estimate of drug-likeness (QED) is 0.663. The van der Waals surface area contributed by atoms with E-state index >= 15 is 0 Å². The van der Waals surface area contributed by atoms with Gasteiger partial charge in [-0.25, -0.2) is 9.97 Å². The normalized spacial score (nSPS) is 14.6. The fraction of sp³-hybridized carbons (Fsp3) is 0.333. The van der Waals surface area contributed by atoms with E-state index in [1.807, 2.05) is 13.8 Å². The van der Waals surface area contributed by atoms with Gasteiger partial charge in [0.05, 0.1) is 0 Å². The summed E-state index contributed by atoms with van der Waals surface area (Å²) in [4.78, 5) is 9.72. The highest BCUT2D eigenvalue weighted by molar-refractivity contribution is 8.04. The lowest BCUT2D eigenvalue weighted by Crippen LogP contribution is -2.00. The van der Waals surface area contributed by atoms with Gasteiger partial charge in [0.2, 0.25) is 5.95 Å². The number of aryl methyl sites for hydroxylation is 1. The highest BCUT2D eigenvalue weighted by Crippen LogP contribution is 2.24. The summed E-state index contributed by atoms with van der Waals surface area (Å²) >= 11 is 7.53. The van der Waals surface area contributed by atoms with Crippen LogP contribution in [0.1, 0.15) is 24.1 Å². The van der Waals surface area contributed by atoms with Crippen LogP contribution in [0.3, 0.4) is 0 Å². The molecule has 0 bridgehead atoms. The van der Waals surface area contributed by atoms with Gasteiger partial charge in [0, 0.05) is 16.2 Å². The van der Waals surface area contributed by atoms with Gasteiger partial charge in [-0.3, -0.25) is 4.72 Å². The number of allylic oxidation sites excluding steroid dienone is 3. The fourth-order valence-electron chi connectivity index (χ4n) is 1.41. The molecule has 1 aliphatic rings. The van der Waals surface area contributed by atoms with Crippen molar-refractivity contribution in [3.8, 4) is 0 Å². The molecule has 0 atom stereocenters. The number of hydrogen-bond acceptors (Lipinski definition) is 4. The average molecular weight is 268 g/mol. The van der Waals surface area contributed by atoms with Crippen LogP contribution in [0.15, 0.2) is 23.1 Å². The second-order valence-electron chi connectivity index (χ2n) is 3.84. The van der Waals surface area contributed by atoms with Crippen molar-refractivity contribution in [2.75, 3.05) is 4.72 Å². The summed E-state index contributed by atoms with van der Waals surface area (Å²) in [5, 5.41) is 0.508. The summed E-state index contributed by atoms with van der Waals surface area (Å²) < 4.78 is 3.11. The zero-order valence-corrected chi connectivity index (χ0v) is 11.4. The van der Waals surface area contributed by atoms with E-state index in [4.69, 9.17) is 11.6 Å². The van der Waals surface area contributed by atoms with E-state index in [0.717, 1.165) is 24.1 Å². The summed E-state index contributed by atoms with van der Waals surface area (Å²) in [6, 6.07) is 0. The lowest BCUT2D eigenvalue weighted by atomic mass is 10.2. The molecule has 1 aliphatic carbocycles. The third-order valence-corrected chi connectivity index (χ3v) is 3.74. The smallest absolute Gasteiger partial charge is 0.234 e. The van der Waals surface area contributed by atoms with Crippen LogP contribution in [-0.2, 0) is 0 Å². The van der Waals surface area contributed by atoms with E-state index in [2.05, 4.69) is 32.9 Å². The molecule has 3 nitrogen and oxygen atoms in total. The maximum Gasteiger partial charge on any atom is 0.234 e. The molecule has 90 valence electrons. The highest BCUT2D eigenvalue weighted by Gasteiger charge is 2.06. The molecule has 0 radical (unpaired) electrons. The first kappa shape index (κ1) is 12.5. The van der Waals surface area contributed by atoms with Crippen molar-refractivity contribution in [3.05, 3.63) is 39.5 Å². The third kappa shape index (κ3) is 3.23. The maximum atomic E-state index is 6.01. The Morgan fingerprint density at radius 2 is 2.12 bits per heavy atom. The monoisotopic (exact) mass is 267 g/mol. The van der Waals surface area contributed by atoms with E-state index in [1.54, 1.807) is 0 Å². The van der Waals surface area contributed by atoms with Crippen LogP contribution in [0.5, 0.6) is 0 Å². The molecule has 0 spiro atoms. The lowest BCUT2D eigenvalue weighted by Gasteiger charge is -2.09. The number of hydrogen-bond donors (Lipinski definition) is 1. The molecule has 1 heterocycles. The Hall–Kier alpha value is -1.00. The zero-order valence-electron chi connectivity index (χ0n) is 9.83. The predicted octanol–water partition coefficient (Wildman–Crippen LogP) is 4.04. The minimum absolute atomic E-state index is 0.508. The first-order chi connectivity index (χ1) is 8.16. The minimum atomic E-state index is 0.508. The Morgan fingerprint density at radius 3 is 2.76 bits per heavy atom. The molecule has 0 saturated heterocycles. The Labute approximate surface area is 111 Å². The second kappa shape index (κ2) is 5.56. The third-order valence-electron chi connectivity index (χ3n) is 2.55. The average Bonchev–Trinajstić information content (AvgIpc) is 2.34. The van der Waals surface area contributed by atoms with Crippen LogP contribution in [0, 0.1) is 13.8 Å². The summed E-state index contributed by atoms with van der Waals surface area (Å²) in [7, 11) is 0. The van der Waals surface area contributed by atoms with Gasteiger partial charge in [-0.15, -0.1) is 0 Å². The number of aromatic nitrogens is 2. The molecule has 2 rings (SSSR count). The van der Waals surface area contributed by atoms with Gasteiger partial charge < -0.3 is 0 Å². The van der Waals surface area contributed by atoms with Crippen LogP contribution < -0.4 is 4.72 Å². The molecule has 0 aliphatic heterocycles. The number of anilines is 1. The summed E-state index contributed by atoms with van der Waals surface area (Å²) in [6.45, 7) is 3.85. The number of rotatable bonds is 3. The van der Waals surface area contributed by atoms with Crippen LogP contribution in [0.25, 0.3) is 0 Å². The van der Waals surface area contributed by atoms with Crippen LogP contribution in [-0.4, -0.2) is 9.97 Å². The second-order valence-corrected chi connectivity index (χ2v) is 5.08. The van der Waals surface area contributed by atoms with Crippen molar-refractivity contribution >= 4 is 29.5 Å². The standard InChI is InChI=1S/C12H14ClN3S/c1-8-9(2)14-12(15-11(8)13)16-17-10-6-4-3-5-7-10/h4,6-7H,3,5H2,1-2H3,(H,14,15,16). The molecule has 0 amide bonds. The number of halogens is 1. The predicted molar refractivity (Wildman–Crippen MR) is 74.2 cm³/mol. The molecular weight excluding hydrogens is 254 g/mol. The molecule has 1 aromatic heterocycles.